The van der Waals surface area contributed by atoms with Crippen LogP contribution in [0.1, 0.15) is 0 Å². The molecule has 1 saturated heterocycles. The zero-order valence-corrected chi connectivity index (χ0v) is 23.1. The molecule has 0 radical (unpaired) electrons. The number of fused-ring (bicyclic) bond motifs is 1. The fourth-order valence-electron chi connectivity index (χ4n) is 5.35. The molecule has 1 N–H and O–H groups in total. The average molecular weight is 532 g/mol. The molecular formula is C32H33N7O. The van der Waals surface area contributed by atoms with Gasteiger partial charge in [-0.3, -0.25) is 9.48 Å². The molecule has 1 fully saturated rings. The minimum Gasteiger partial charge on any atom is -0.369 e. The van der Waals surface area contributed by atoms with E-state index in [4.69, 9.17) is 4.98 Å². The summed E-state index contributed by atoms with van der Waals surface area (Å²) in [6, 6.07) is 19.0. The van der Waals surface area contributed by atoms with Crippen LogP contribution in [0.3, 0.4) is 0 Å². The number of nitrogens with zero attached hydrogens (tertiary/aromatic N) is 6. The first kappa shape index (κ1) is 25.6. The van der Waals surface area contributed by atoms with Crippen LogP contribution in [-0.2, 0) is 11.8 Å². The van der Waals surface area contributed by atoms with E-state index in [1.165, 1.54) is 11.8 Å². The predicted molar refractivity (Wildman–Crippen MR) is 162 cm³/mol. The highest BCUT2D eigenvalue weighted by Gasteiger charge is 2.20. The molecule has 8 heteroatoms. The topological polar surface area (TPSA) is 73.3 Å². The molecule has 1 amide bonds. The zero-order chi connectivity index (χ0) is 27.8. The second-order valence-electron chi connectivity index (χ2n) is 10.4. The quantitative estimate of drug-likeness (QED) is 0.305. The number of piperazine rings is 1. The van der Waals surface area contributed by atoms with E-state index in [1.54, 1.807) is 16.6 Å². The van der Waals surface area contributed by atoms with Gasteiger partial charge in [0.25, 0.3) is 0 Å². The molecule has 8 nitrogen and oxygen atoms in total. The van der Waals surface area contributed by atoms with Gasteiger partial charge in [-0.1, -0.05) is 30.8 Å². The number of amides is 1. The molecule has 5 aromatic rings. The largest absolute Gasteiger partial charge is 0.369 e. The first-order chi connectivity index (χ1) is 19.4. The minimum atomic E-state index is -0.156. The Kier molecular flexibility index (Phi) is 6.69. The summed E-state index contributed by atoms with van der Waals surface area (Å²) in [7, 11) is 5.84. The summed E-state index contributed by atoms with van der Waals surface area (Å²) in [5.41, 5.74) is 8.95. The van der Waals surface area contributed by atoms with Crippen molar-refractivity contribution in [1.82, 2.24) is 24.6 Å². The number of anilines is 2. The highest BCUT2D eigenvalue weighted by molar-refractivity contribution is 6.05. The Morgan fingerprint density at radius 3 is 2.42 bits per heavy atom. The number of nitrogens with one attached hydrogen (secondary N) is 1. The van der Waals surface area contributed by atoms with E-state index in [1.807, 2.05) is 43.8 Å². The van der Waals surface area contributed by atoms with Crippen LogP contribution >= 0.6 is 0 Å². The van der Waals surface area contributed by atoms with Gasteiger partial charge in [0.05, 0.1) is 11.9 Å². The van der Waals surface area contributed by atoms with Gasteiger partial charge in [0.15, 0.2) is 0 Å². The third-order valence-electron chi connectivity index (χ3n) is 7.74. The summed E-state index contributed by atoms with van der Waals surface area (Å²) in [6.45, 7) is 7.83. The Morgan fingerprint density at radius 2 is 1.73 bits per heavy atom. The van der Waals surface area contributed by atoms with Gasteiger partial charge in [-0.25, -0.2) is 4.98 Å². The second-order valence-corrected chi connectivity index (χ2v) is 10.4. The maximum Gasteiger partial charge on any atom is 0.250 e. The van der Waals surface area contributed by atoms with E-state index in [9.17, 15) is 4.79 Å². The number of rotatable bonds is 6. The summed E-state index contributed by atoms with van der Waals surface area (Å²) in [5, 5.41) is 5.35. The Labute approximate surface area is 234 Å². The summed E-state index contributed by atoms with van der Waals surface area (Å²) in [4.78, 5) is 27.2. The van der Waals surface area contributed by atoms with Gasteiger partial charge in [-0.05, 0) is 54.6 Å². The van der Waals surface area contributed by atoms with Gasteiger partial charge in [-0.2, -0.15) is 5.10 Å². The number of hydrogen-bond donors (Lipinski definition) is 1. The molecule has 0 spiro atoms. The van der Waals surface area contributed by atoms with E-state index in [0.717, 1.165) is 76.4 Å². The van der Waals surface area contributed by atoms with Gasteiger partial charge in [0.2, 0.25) is 5.91 Å². The lowest BCUT2D eigenvalue weighted by molar-refractivity contribution is -0.113. The van der Waals surface area contributed by atoms with Crippen LogP contribution in [0.5, 0.6) is 0 Å². The number of aromatic amines is 1. The zero-order valence-electron chi connectivity index (χ0n) is 23.1. The lowest BCUT2D eigenvalue weighted by Crippen LogP contribution is -2.44. The van der Waals surface area contributed by atoms with Gasteiger partial charge in [0, 0.05) is 86.1 Å². The van der Waals surface area contributed by atoms with Crippen molar-refractivity contribution in [3.05, 3.63) is 85.8 Å². The lowest BCUT2D eigenvalue weighted by atomic mass is 9.97. The van der Waals surface area contributed by atoms with Crippen LogP contribution in [0.2, 0.25) is 0 Å². The number of aryl methyl sites for hydroxylation is 1. The van der Waals surface area contributed by atoms with Gasteiger partial charge >= 0.3 is 0 Å². The summed E-state index contributed by atoms with van der Waals surface area (Å²) in [5.74, 6) is -0.156. The van der Waals surface area contributed by atoms with Crippen molar-refractivity contribution < 1.29 is 4.79 Å². The van der Waals surface area contributed by atoms with Crippen LogP contribution in [-0.4, -0.2) is 70.8 Å². The third-order valence-corrected chi connectivity index (χ3v) is 7.74. The number of benzene rings is 2. The van der Waals surface area contributed by atoms with Crippen molar-refractivity contribution in [3.8, 4) is 33.5 Å². The molecule has 1 aliphatic heterocycles. The van der Waals surface area contributed by atoms with Gasteiger partial charge < -0.3 is 19.7 Å². The second kappa shape index (κ2) is 10.5. The Morgan fingerprint density at radius 1 is 0.950 bits per heavy atom. The highest BCUT2D eigenvalue weighted by atomic mass is 16.2. The molecule has 0 saturated carbocycles. The van der Waals surface area contributed by atoms with Crippen LogP contribution in [0.25, 0.3) is 44.5 Å². The molecule has 202 valence electrons. The van der Waals surface area contributed by atoms with E-state index in [2.05, 4.69) is 69.9 Å². The molecule has 40 heavy (non-hydrogen) atoms. The van der Waals surface area contributed by atoms with Crippen molar-refractivity contribution in [2.75, 3.05) is 50.1 Å². The number of carbonyl (C=O) groups is 1. The summed E-state index contributed by atoms with van der Waals surface area (Å²) in [6.07, 6.45) is 7.05. The van der Waals surface area contributed by atoms with Gasteiger partial charge in [0.1, 0.15) is 5.65 Å². The molecule has 0 aliphatic carbocycles. The molecular weight excluding hydrogens is 498 g/mol. The Balaban J connectivity index is 1.48. The summed E-state index contributed by atoms with van der Waals surface area (Å²) < 4.78 is 1.79. The fourth-order valence-corrected chi connectivity index (χ4v) is 5.35. The number of aromatic nitrogens is 4. The molecule has 1 aliphatic rings. The molecule has 0 unspecified atom stereocenters. The third kappa shape index (κ3) is 4.78. The van der Waals surface area contributed by atoms with Crippen molar-refractivity contribution in [2.24, 2.45) is 7.05 Å². The predicted octanol–water partition coefficient (Wildman–Crippen LogP) is 5.20. The maximum atomic E-state index is 12.4. The number of H-pyrrole nitrogens is 1. The number of carbonyl (C=O) groups excluding carboxylic acids is 1. The highest BCUT2D eigenvalue weighted by Crippen LogP contribution is 2.40. The first-order valence-electron chi connectivity index (χ1n) is 13.5. The van der Waals surface area contributed by atoms with Gasteiger partial charge in [-0.15, -0.1) is 0 Å². The molecule has 4 heterocycles. The van der Waals surface area contributed by atoms with Crippen molar-refractivity contribution in [2.45, 2.75) is 0 Å². The number of pyridine rings is 1. The molecule has 0 atom stereocenters. The average Bonchev–Trinajstić information content (AvgIpc) is 3.60. The monoisotopic (exact) mass is 531 g/mol. The summed E-state index contributed by atoms with van der Waals surface area (Å²) >= 11 is 0. The molecule has 2 aromatic carbocycles. The fraction of sp³-hybridized carbons (Fsp3) is 0.219. The van der Waals surface area contributed by atoms with E-state index in [-0.39, 0.29) is 5.91 Å². The van der Waals surface area contributed by atoms with Crippen LogP contribution < -0.4 is 9.80 Å². The SMILES string of the molecule is C=CC(=O)N(C)c1cccc(-c2c(-c3ccc(N4CCN(C)CC4)cc3)[nH]c3ncc(-c4cnn(C)c4)cc23)c1. The van der Waals surface area contributed by atoms with Crippen molar-refractivity contribution in [3.63, 3.8) is 0 Å². The van der Waals surface area contributed by atoms with E-state index in [0.29, 0.717) is 0 Å². The first-order valence-corrected chi connectivity index (χ1v) is 13.5. The Hall–Kier alpha value is -4.69. The number of hydrogen-bond acceptors (Lipinski definition) is 5. The standard InChI is InChI=1S/C32H33N7O/c1-5-29(40)38(4)27-8-6-7-23(17-27)30-28-18-24(25-20-34-37(3)21-25)19-33-32(28)35-31(30)22-9-11-26(12-10-22)39-15-13-36(2)14-16-39/h5-12,17-21H,1,13-16H2,2-4H3,(H,33,35). The normalized spacial score (nSPS) is 14.0. The Bertz CT molecular complexity index is 1690. The smallest absolute Gasteiger partial charge is 0.250 e. The molecule has 0 bridgehead atoms. The van der Waals surface area contributed by atoms with Crippen LogP contribution in [0.4, 0.5) is 11.4 Å². The van der Waals surface area contributed by atoms with Crippen molar-refractivity contribution >= 4 is 28.3 Å². The minimum absolute atomic E-state index is 0.156. The lowest BCUT2D eigenvalue weighted by Gasteiger charge is -2.34. The van der Waals surface area contributed by atoms with Crippen LogP contribution in [0.15, 0.2) is 85.8 Å². The van der Waals surface area contributed by atoms with E-state index < -0.39 is 0 Å². The number of likely N-dealkylation sites (N-methyl/N-ethyl adjacent to an activating group) is 2. The molecule has 6 rings (SSSR count). The maximum absolute atomic E-state index is 12.4. The van der Waals surface area contributed by atoms with E-state index >= 15 is 0 Å². The molecule has 3 aromatic heterocycles. The van der Waals surface area contributed by atoms with Crippen LogP contribution in [0, 0.1) is 0 Å². The van der Waals surface area contributed by atoms with Crippen molar-refractivity contribution in [1.29, 1.82) is 0 Å².